The number of halogens is 2. The molecule has 0 spiro atoms. The molecule has 0 aromatic heterocycles. The Morgan fingerprint density at radius 2 is 1.92 bits per heavy atom. The van der Waals surface area contributed by atoms with Gasteiger partial charge in [0.25, 0.3) is 0 Å². The molecule has 1 amide bonds. The van der Waals surface area contributed by atoms with E-state index in [2.05, 4.69) is 25.7 Å². The first-order chi connectivity index (χ1) is 11.5. The van der Waals surface area contributed by atoms with E-state index >= 15 is 0 Å². The van der Waals surface area contributed by atoms with E-state index < -0.39 is 0 Å². The number of carbonyl (C=O) groups excluding carboxylic acids is 1. The zero-order valence-electron chi connectivity index (χ0n) is 13.8. The Morgan fingerprint density at radius 1 is 1.21 bits per heavy atom. The van der Waals surface area contributed by atoms with Gasteiger partial charge in [-0.15, -0.1) is 0 Å². The van der Waals surface area contributed by atoms with Gasteiger partial charge in [0, 0.05) is 61.9 Å². The fourth-order valence-electron chi connectivity index (χ4n) is 3.30. The highest BCUT2D eigenvalue weighted by Gasteiger charge is 2.26. The first kappa shape index (κ1) is 17.8. The van der Waals surface area contributed by atoms with Gasteiger partial charge in [0.15, 0.2) is 0 Å². The molecule has 7 heteroatoms. The van der Waals surface area contributed by atoms with E-state index in [0.717, 1.165) is 43.6 Å². The van der Waals surface area contributed by atoms with Gasteiger partial charge in [-0.2, -0.15) is 0 Å². The number of amides is 1. The Kier molecular flexibility index (Phi) is 5.86. The summed E-state index contributed by atoms with van der Waals surface area (Å²) < 4.78 is 14.7. The molecule has 5 nitrogen and oxygen atoms in total. The van der Waals surface area contributed by atoms with Crippen LogP contribution in [0.1, 0.15) is 12.0 Å². The third kappa shape index (κ3) is 4.53. The van der Waals surface area contributed by atoms with E-state index in [-0.39, 0.29) is 17.8 Å². The molecule has 1 aromatic rings. The van der Waals surface area contributed by atoms with E-state index in [1.54, 1.807) is 0 Å². The molecule has 1 aromatic carbocycles. The second kappa shape index (κ2) is 7.91. The molecule has 2 aliphatic rings. The van der Waals surface area contributed by atoms with Crippen LogP contribution in [-0.2, 0) is 11.3 Å². The van der Waals surface area contributed by atoms with Crippen molar-refractivity contribution in [1.29, 1.82) is 0 Å². The predicted octanol–water partition coefficient (Wildman–Crippen LogP) is 1.27. The fourth-order valence-corrected chi connectivity index (χ4v) is 3.63. The second-order valence-corrected chi connectivity index (χ2v) is 7.59. The van der Waals surface area contributed by atoms with Crippen LogP contribution in [0.5, 0.6) is 0 Å². The number of piperazine rings is 1. The molecule has 1 atom stereocenters. The minimum atomic E-state index is -0.174. The number of carbonyl (C=O) groups is 1. The summed E-state index contributed by atoms with van der Waals surface area (Å²) in [4.78, 5) is 18.6. The van der Waals surface area contributed by atoms with Gasteiger partial charge in [-0.25, -0.2) is 4.39 Å². The van der Waals surface area contributed by atoms with Crippen LogP contribution in [0.2, 0.25) is 0 Å². The summed E-state index contributed by atoms with van der Waals surface area (Å²) in [5, 5.41) is 0. The summed E-state index contributed by atoms with van der Waals surface area (Å²) in [6, 6.07) is 5.33. The van der Waals surface area contributed by atoms with Crippen LogP contribution in [0.15, 0.2) is 22.7 Å². The summed E-state index contributed by atoms with van der Waals surface area (Å²) in [7, 11) is 0. The van der Waals surface area contributed by atoms with Crippen LogP contribution in [0, 0.1) is 5.82 Å². The fraction of sp³-hybridized carbons (Fsp3) is 0.588. The smallest absolute Gasteiger partial charge is 0.236 e. The van der Waals surface area contributed by atoms with Crippen LogP contribution in [-0.4, -0.2) is 72.5 Å². The molecule has 2 saturated heterocycles. The van der Waals surface area contributed by atoms with Crippen LogP contribution in [0.3, 0.4) is 0 Å². The topological polar surface area (TPSA) is 52.8 Å². The lowest BCUT2D eigenvalue weighted by molar-refractivity contribution is -0.131. The Balaban J connectivity index is 1.44. The van der Waals surface area contributed by atoms with Crippen molar-refractivity contribution >= 4 is 21.8 Å². The molecule has 2 N–H and O–H groups in total. The maximum atomic E-state index is 13.9. The maximum absolute atomic E-state index is 13.9. The Hall–Kier alpha value is -1.02. The van der Waals surface area contributed by atoms with Crippen LogP contribution >= 0.6 is 15.9 Å². The van der Waals surface area contributed by atoms with Crippen molar-refractivity contribution in [2.75, 3.05) is 45.8 Å². The standard InChI is InChI=1S/C17H24BrFN4O/c18-14-2-1-13(16(19)9-14)10-21-5-7-22(8-6-21)12-17(24)23-4-3-15(20)11-23/h1-2,9,15H,3-8,10-12,20H2/t15-/m0/s1. The number of nitrogens with two attached hydrogens (primary N) is 1. The zero-order chi connectivity index (χ0) is 17.1. The number of nitrogens with zero attached hydrogens (tertiary/aromatic N) is 3. The molecular weight excluding hydrogens is 375 g/mol. The molecule has 0 radical (unpaired) electrons. The van der Waals surface area contributed by atoms with Gasteiger partial charge in [0.2, 0.25) is 5.91 Å². The largest absolute Gasteiger partial charge is 0.340 e. The van der Waals surface area contributed by atoms with Gasteiger partial charge in [-0.3, -0.25) is 14.6 Å². The average molecular weight is 399 g/mol. The third-order valence-corrected chi connectivity index (χ3v) is 5.30. The van der Waals surface area contributed by atoms with Gasteiger partial charge < -0.3 is 10.6 Å². The van der Waals surface area contributed by atoms with E-state index in [0.29, 0.717) is 25.2 Å². The molecule has 3 rings (SSSR count). The van der Waals surface area contributed by atoms with Gasteiger partial charge in [-0.1, -0.05) is 22.0 Å². The summed E-state index contributed by atoms with van der Waals surface area (Å²) >= 11 is 3.28. The summed E-state index contributed by atoms with van der Waals surface area (Å²) in [5.41, 5.74) is 6.58. The number of hydrogen-bond donors (Lipinski definition) is 1. The van der Waals surface area contributed by atoms with Crippen molar-refractivity contribution in [2.24, 2.45) is 5.73 Å². The van der Waals surface area contributed by atoms with Gasteiger partial charge in [0.1, 0.15) is 5.82 Å². The van der Waals surface area contributed by atoms with Gasteiger partial charge >= 0.3 is 0 Å². The summed E-state index contributed by atoms with van der Waals surface area (Å²) in [6.45, 7) is 5.91. The first-order valence-electron chi connectivity index (χ1n) is 8.43. The lowest BCUT2D eigenvalue weighted by Gasteiger charge is -2.35. The minimum absolute atomic E-state index is 0.131. The molecule has 0 unspecified atom stereocenters. The lowest BCUT2D eigenvalue weighted by atomic mass is 10.2. The Labute approximate surface area is 150 Å². The van der Waals surface area contributed by atoms with Crippen LogP contribution < -0.4 is 5.73 Å². The van der Waals surface area contributed by atoms with Gasteiger partial charge in [0.05, 0.1) is 6.54 Å². The molecule has 132 valence electrons. The summed E-state index contributed by atoms with van der Waals surface area (Å²) in [5.74, 6) is 0.00251. The number of rotatable bonds is 4. The van der Waals surface area contributed by atoms with E-state index in [1.165, 1.54) is 6.07 Å². The lowest BCUT2D eigenvalue weighted by Crippen LogP contribution is -2.49. The molecule has 24 heavy (non-hydrogen) atoms. The predicted molar refractivity (Wildman–Crippen MR) is 95.0 cm³/mol. The van der Waals surface area contributed by atoms with Crippen molar-refractivity contribution in [1.82, 2.24) is 14.7 Å². The van der Waals surface area contributed by atoms with Crippen molar-refractivity contribution in [2.45, 2.75) is 19.0 Å². The van der Waals surface area contributed by atoms with Gasteiger partial charge in [-0.05, 0) is 18.6 Å². The number of hydrogen-bond acceptors (Lipinski definition) is 4. The highest BCUT2D eigenvalue weighted by atomic mass is 79.9. The molecule has 2 heterocycles. The summed E-state index contributed by atoms with van der Waals surface area (Å²) in [6.07, 6.45) is 0.901. The first-order valence-corrected chi connectivity index (χ1v) is 9.22. The van der Waals surface area contributed by atoms with E-state index in [4.69, 9.17) is 5.73 Å². The van der Waals surface area contributed by atoms with Crippen molar-refractivity contribution in [3.05, 3.63) is 34.1 Å². The minimum Gasteiger partial charge on any atom is -0.340 e. The third-order valence-electron chi connectivity index (χ3n) is 4.81. The van der Waals surface area contributed by atoms with Crippen LogP contribution in [0.25, 0.3) is 0 Å². The second-order valence-electron chi connectivity index (χ2n) is 6.68. The number of likely N-dealkylation sites (tertiary alicyclic amines) is 1. The van der Waals surface area contributed by atoms with Crippen molar-refractivity contribution in [3.8, 4) is 0 Å². The van der Waals surface area contributed by atoms with Crippen molar-refractivity contribution in [3.63, 3.8) is 0 Å². The van der Waals surface area contributed by atoms with E-state index in [9.17, 15) is 9.18 Å². The maximum Gasteiger partial charge on any atom is 0.236 e. The Bertz CT molecular complexity index is 592. The monoisotopic (exact) mass is 398 g/mol. The zero-order valence-corrected chi connectivity index (χ0v) is 15.3. The average Bonchev–Trinajstić information content (AvgIpc) is 2.98. The molecule has 2 aliphatic heterocycles. The molecule has 0 aliphatic carbocycles. The highest BCUT2D eigenvalue weighted by Crippen LogP contribution is 2.17. The molecule has 0 bridgehead atoms. The molecule has 2 fully saturated rings. The normalized spacial score (nSPS) is 23.0. The number of benzene rings is 1. The highest BCUT2D eigenvalue weighted by molar-refractivity contribution is 9.10. The quantitative estimate of drug-likeness (QED) is 0.829. The Morgan fingerprint density at radius 3 is 2.54 bits per heavy atom. The van der Waals surface area contributed by atoms with E-state index in [1.807, 2.05) is 17.0 Å². The van der Waals surface area contributed by atoms with Crippen LogP contribution in [0.4, 0.5) is 4.39 Å². The molecular formula is C17H24BrFN4O. The molecule has 0 saturated carbocycles. The van der Waals surface area contributed by atoms with Crippen molar-refractivity contribution < 1.29 is 9.18 Å². The SMILES string of the molecule is N[C@H]1CCN(C(=O)CN2CCN(Cc3ccc(Br)cc3F)CC2)C1.